The molecule has 0 spiro atoms. The van der Waals surface area contributed by atoms with Gasteiger partial charge in [-0.25, -0.2) is 22.2 Å². The molecule has 0 N–H and O–H groups in total. The van der Waals surface area contributed by atoms with E-state index >= 15 is 0 Å². The molecule has 0 unspecified atom stereocenters. The zero-order valence-electron chi connectivity index (χ0n) is 24.2. The van der Waals surface area contributed by atoms with E-state index in [1.807, 2.05) is 31.2 Å². The molecule has 42 heavy (non-hydrogen) atoms. The van der Waals surface area contributed by atoms with Crippen LogP contribution in [-0.2, 0) is 20.0 Å². The van der Waals surface area contributed by atoms with Crippen molar-refractivity contribution < 1.29 is 26.4 Å². The average Bonchev–Trinajstić information content (AvgIpc) is 3.60. The highest BCUT2D eigenvalue weighted by Crippen LogP contribution is 2.52. The van der Waals surface area contributed by atoms with Gasteiger partial charge < -0.3 is 9.32 Å². The number of carbonyl (C=O) groups excluding carboxylic acids is 1. The van der Waals surface area contributed by atoms with E-state index in [0.717, 1.165) is 49.8 Å². The van der Waals surface area contributed by atoms with Gasteiger partial charge in [0.15, 0.2) is 9.84 Å². The molecule has 0 amide bonds. The minimum Gasteiger partial charge on any atom is -0.444 e. The van der Waals surface area contributed by atoms with Crippen LogP contribution in [0.25, 0.3) is 11.3 Å². The lowest BCUT2D eigenvalue weighted by Gasteiger charge is -2.34. The number of oxazole rings is 1. The first kappa shape index (κ1) is 29.3. The van der Waals surface area contributed by atoms with Crippen molar-refractivity contribution in [2.45, 2.75) is 94.8 Å². The van der Waals surface area contributed by atoms with Gasteiger partial charge in [0.05, 0.1) is 23.0 Å². The molecule has 1 saturated heterocycles. The van der Waals surface area contributed by atoms with Gasteiger partial charge in [0.2, 0.25) is 11.8 Å². The third-order valence-electron chi connectivity index (χ3n) is 10.2. The molecule has 0 bridgehead atoms. The summed E-state index contributed by atoms with van der Waals surface area (Å²) in [6.07, 6.45) is 5.33. The lowest BCUT2D eigenvalue weighted by Crippen LogP contribution is -2.40. The summed E-state index contributed by atoms with van der Waals surface area (Å²) in [4.78, 5) is 20.7. The fourth-order valence-corrected chi connectivity index (χ4v) is 8.21. The Morgan fingerprint density at radius 1 is 1.05 bits per heavy atom. The molecule has 2 heterocycles. The van der Waals surface area contributed by atoms with Gasteiger partial charge in [-0.05, 0) is 50.7 Å². The summed E-state index contributed by atoms with van der Waals surface area (Å²) in [7, 11) is -2.99. The van der Waals surface area contributed by atoms with Crippen LogP contribution in [0, 0.1) is 22.7 Å². The number of alkyl halides is 2. The number of hydrogen-bond donors (Lipinski definition) is 0. The summed E-state index contributed by atoms with van der Waals surface area (Å²) >= 11 is 0. The maximum absolute atomic E-state index is 14.1. The van der Waals surface area contributed by atoms with Gasteiger partial charge in [0.1, 0.15) is 17.2 Å². The molecule has 4 aliphatic rings. The van der Waals surface area contributed by atoms with E-state index in [4.69, 9.17) is 9.40 Å². The maximum Gasteiger partial charge on any atom is 0.248 e. The van der Waals surface area contributed by atoms with Crippen LogP contribution in [0.15, 0.2) is 28.7 Å². The van der Waals surface area contributed by atoms with Gasteiger partial charge in [0.25, 0.3) is 0 Å². The van der Waals surface area contributed by atoms with Crippen molar-refractivity contribution in [1.82, 2.24) is 4.98 Å². The molecule has 4 fully saturated rings. The Kier molecular flexibility index (Phi) is 7.48. The zero-order chi connectivity index (χ0) is 29.8. The van der Waals surface area contributed by atoms with Crippen molar-refractivity contribution in [2.75, 3.05) is 29.5 Å². The fraction of sp³-hybridized carbons (Fsp3) is 0.656. The molecule has 10 heteroatoms. The first-order valence-electron chi connectivity index (χ1n) is 15.3. The Bertz CT molecular complexity index is 1470. The number of rotatable bonds is 7. The summed E-state index contributed by atoms with van der Waals surface area (Å²) in [5.74, 6) is -1.63. The van der Waals surface area contributed by atoms with Gasteiger partial charge in [-0.1, -0.05) is 31.9 Å². The van der Waals surface area contributed by atoms with Gasteiger partial charge >= 0.3 is 0 Å². The van der Waals surface area contributed by atoms with Gasteiger partial charge in [-0.2, -0.15) is 5.26 Å². The Hall–Kier alpha value is -2.80. The highest BCUT2D eigenvalue weighted by Gasteiger charge is 2.49. The predicted octanol–water partition coefficient (Wildman–Crippen LogP) is 6.58. The van der Waals surface area contributed by atoms with Gasteiger partial charge in [0, 0.05) is 60.9 Å². The van der Waals surface area contributed by atoms with Crippen LogP contribution >= 0.6 is 0 Å². The van der Waals surface area contributed by atoms with Gasteiger partial charge in [-0.15, -0.1) is 0 Å². The first-order chi connectivity index (χ1) is 19.9. The van der Waals surface area contributed by atoms with Crippen molar-refractivity contribution in [3.63, 3.8) is 0 Å². The van der Waals surface area contributed by atoms with E-state index in [-0.39, 0.29) is 61.2 Å². The molecule has 7 nitrogen and oxygen atoms in total. The zero-order valence-corrected chi connectivity index (χ0v) is 25.0. The second-order valence-corrected chi connectivity index (χ2v) is 15.7. The standard InChI is InChI=1S/C32H39F2N3O4S/c1-30(10-14-32(33,34)15-11-30)29-36-27(22-6-8-23(9-7-22)37-16-18-42(39,40)19-17-37)28(41-29)25-5-3-2-4-24(25)26(38)20-31(21-35)12-13-31/h6-9,24-25H,2-5,10-20H2,1H3/t24-,25-/m1/s1. The SMILES string of the molecule is CC1(c2nc(-c3ccc(N4CCS(=O)(=O)CC4)cc3)c([C@@H]3CCCC[C@H]3C(=O)CC3(C#N)CC3)o2)CCC(F)(F)CC1. The summed E-state index contributed by atoms with van der Waals surface area (Å²) < 4.78 is 58.6. The summed E-state index contributed by atoms with van der Waals surface area (Å²) in [6, 6.07) is 10.2. The molecule has 2 aromatic rings. The van der Waals surface area contributed by atoms with Crippen molar-refractivity contribution in [3.8, 4) is 17.3 Å². The van der Waals surface area contributed by atoms with E-state index in [9.17, 15) is 27.3 Å². The van der Waals surface area contributed by atoms with E-state index in [0.29, 0.717) is 30.4 Å². The van der Waals surface area contributed by atoms with Crippen LogP contribution in [0.4, 0.5) is 14.5 Å². The number of hydrogen-bond acceptors (Lipinski definition) is 7. The largest absolute Gasteiger partial charge is 0.444 e. The second kappa shape index (κ2) is 10.7. The average molecular weight is 600 g/mol. The van der Waals surface area contributed by atoms with E-state index in [2.05, 4.69) is 11.0 Å². The quantitative estimate of drug-likeness (QED) is 0.354. The maximum atomic E-state index is 14.1. The van der Waals surface area contributed by atoms with Crippen LogP contribution in [0.2, 0.25) is 0 Å². The Balaban J connectivity index is 1.34. The van der Waals surface area contributed by atoms with Crippen molar-refractivity contribution in [3.05, 3.63) is 35.9 Å². The molecule has 1 aromatic carbocycles. The van der Waals surface area contributed by atoms with Crippen molar-refractivity contribution >= 4 is 21.3 Å². The molecule has 3 aliphatic carbocycles. The number of aromatic nitrogens is 1. The second-order valence-electron chi connectivity index (χ2n) is 13.4. The number of ketones is 1. The number of carbonyl (C=O) groups is 1. The first-order valence-corrected chi connectivity index (χ1v) is 17.1. The van der Waals surface area contributed by atoms with Crippen LogP contribution < -0.4 is 4.90 Å². The summed E-state index contributed by atoms with van der Waals surface area (Å²) in [5.41, 5.74) is 1.27. The highest BCUT2D eigenvalue weighted by molar-refractivity contribution is 7.91. The van der Waals surface area contributed by atoms with Crippen LogP contribution in [0.5, 0.6) is 0 Å². The van der Waals surface area contributed by atoms with E-state index in [1.165, 1.54) is 0 Å². The highest BCUT2D eigenvalue weighted by atomic mass is 32.2. The van der Waals surface area contributed by atoms with Crippen molar-refractivity contribution in [2.24, 2.45) is 11.3 Å². The minimum atomic E-state index is -2.99. The molecule has 0 radical (unpaired) electrons. The molecule has 3 saturated carbocycles. The number of benzene rings is 1. The fourth-order valence-electron chi connectivity index (χ4n) is 7.00. The normalized spacial score (nSPS) is 27.6. The molecule has 6 rings (SSSR count). The lowest BCUT2D eigenvalue weighted by atomic mass is 9.73. The molecule has 2 atom stereocenters. The number of anilines is 1. The Morgan fingerprint density at radius 2 is 1.69 bits per heavy atom. The number of sulfone groups is 1. The molecular formula is C32H39F2N3O4S. The monoisotopic (exact) mass is 599 g/mol. The van der Waals surface area contributed by atoms with Crippen LogP contribution in [0.3, 0.4) is 0 Å². The predicted molar refractivity (Wildman–Crippen MR) is 155 cm³/mol. The molecule has 226 valence electrons. The molecule has 1 aromatic heterocycles. The van der Waals surface area contributed by atoms with Gasteiger partial charge in [-0.3, -0.25) is 4.79 Å². The lowest BCUT2D eigenvalue weighted by molar-refractivity contribution is -0.125. The van der Waals surface area contributed by atoms with E-state index in [1.54, 1.807) is 0 Å². The smallest absolute Gasteiger partial charge is 0.248 e. The van der Waals surface area contributed by atoms with Crippen LogP contribution in [-0.4, -0.2) is 49.7 Å². The molecular weight excluding hydrogens is 560 g/mol. The summed E-state index contributed by atoms with van der Waals surface area (Å²) in [6.45, 7) is 2.84. The van der Waals surface area contributed by atoms with Crippen LogP contribution in [0.1, 0.15) is 95.1 Å². The third-order valence-corrected chi connectivity index (χ3v) is 11.8. The van der Waals surface area contributed by atoms with E-state index < -0.39 is 26.6 Å². The minimum absolute atomic E-state index is 0.113. The summed E-state index contributed by atoms with van der Waals surface area (Å²) in [5, 5.41) is 9.62. The number of Topliss-reactive ketones (excluding diaryl/α,β-unsaturated/α-hetero) is 1. The molecule has 1 aliphatic heterocycles. The Morgan fingerprint density at radius 3 is 2.31 bits per heavy atom. The number of nitrogens with zero attached hydrogens (tertiary/aromatic N) is 3. The number of halogens is 2. The topological polar surface area (TPSA) is 104 Å². The van der Waals surface area contributed by atoms with Crippen molar-refractivity contribution in [1.29, 1.82) is 5.26 Å². The number of nitriles is 1. The Labute approximate surface area is 246 Å². The third kappa shape index (κ3) is 5.86.